The molecule has 4 aromatic carbocycles. The van der Waals surface area contributed by atoms with Crippen LogP contribution in [0.1, 0.15) is 27.8 Å². The second kappa shape index (κ2) is 9.44. The summed E-state index contributed by atoms with van der Waals surface area (Å²) in [5, 5.41) is 4.85. The van der Waals surface area contributed by atoms with Crippen LogP contribution in [-0.4, -0.2) is 17.8 Å². The summed E-state index contributed by atoms with van der Waals surface area (Å²) in [5.74, 6) is -1.38. The third kappa shape index (κ3) is 4.18. The maximum atomic E-state index is 13.6. The number of carbonyl (C=O) groups is 3. The Labute approximate surface area is 214 Å². The summed E-state index contributed by atoms with van der Waals surface area (Å²) in [6, 6.07) is 24.0. The second-order valence-corrected chi connectivity index (χ2v) is 9.21. The highest BCUT2D eigenvalue weighted by Gasteiger charge is 2.37. The normalized spacial score (nSPS) is 15.0. The number of barbiturate groups is 1. The fraction of sp³-hybridized carbons (Fsp3) is 0.100. The van der Waals surface area contributed by atoms with Gasteiger partial charge < -0.3 is 0 Å². The molecule has 1 saturated heterocycles. The van der Waals surface area contributed by atoms with Crippen LogP contribution in [0.25, 0.3) is 16.8 Å². The third-order valence-electron chi connectivity index (χ3n) is 6.61. The van der Waals surface area contributed by atoms with Gasteiger partial charge in [-0.3, -0.25) is 14.9 Å². The van der Waals surface area contributed by atoms with Gasteiger partial charge in [-0.1, -0.05) is 78.3 Å². The molecule has 0 spiro atoms. The first kappa shape index (κ1) is 23.5. The van der Waals surface area contributed by atoms with E-state index in [0.717, 1.165) is 43.5 Å². The first-order valence-electron chi connectivity index (χ1n) is 11.6. The number of imide groups is 2. The van der Waals surface area contributed by atoms with Gasteiger partial charge in [0.2, 0.25) is 0 Å². The highest BCUT2D eigenvalue weighted by atomic mass is 35.5. The maximum Gasteiger partial charge on any atom is 0.335 e. The van der Waals surface area contributed by atoms with Gasteiger partial charge in [-0.05, 0) is 77.1 Å². The standard InChI is InChI=1S/C30H23ClN2O3/c1-18-8-7-13-27(19(18)2)33-29(35)25(28(34)32-30(33)36)17-24-21(16-22-10-4-6-12-26(22)31)15-14-20-9-3-5-11-23(20)24/h3-15,17H,16H2,1-2H3,(H,32,34,36)/b25-17+. The van der Waals surface area contributed by atoms with E-state index in [1.807, 2.05) is 80.6 Å². The summed E-state index contributed by atoms with van der Waals surface area (Å²) in [7, 11) is 0. The van der Waals surface area contributed by atoms with E-state index >= 15 is 0 Å². The molecule has 1 aliphatic rings. The number of nitrogens with zero attached hydrogens (tertiary/aromatic N) is 1. The number of nitrogens with one attached hydrogen (secondary N) is 1. The predicted octanol–water partition coefficient (Wildman–Crippen LogP) is 6.37. The van der Waals surface area contributed by atoms with Crippen molar-refractivity contribution in [1.82, 2.24) is 5.32 Å². The number of anilines is 1. The zero-order chi connectivity index (χ0) is 25.4. The van der Waals surface area contributed by atoms with E-state index in [9.17, 15) is 14.4 Å². The maximum absolute atomic E-state index is 13.6. The molecule has 4 aromatic rings. The minimum Gasteiger partial charge on any atom is -0.273 e. The van der Waals surface area contributed by atoms with Crippen molar-refractivity contribution < 1.29 is 14.4 Å². The van der Waals surface area contributed by atoms with Crippen molar-refractivity contribution in [2.45, 2.75) is 20.3 Å². The molecule has 0 aliphatic carbocycles. The Balaban J connectivity index is 1.67. The number of hydrogen-bond acceptors (Lipinski definition) is 3. The summed E-state index contributed by atoms with van der Waals surface area (Å²) in [4.78, 5) is 40.4. The first-order valence-corrected chi connectivity index (χ1v) is 11.9. The van der Waals surface area contributed by atoms with Crippen molar-refractivity contribution in [3.63, 3.8) is 0 Å². The summed E-state index contributed by atoms with van der Waals surface area (Å²) in [6.45, 7) is 3.75. The van der Waals surface area contributed by atoms with Gasteiger partial charge in [0, 0.05) is 5.02 Å². The summed E-state index contributed by atoms with van der Waals surface area (Å²) in [5.41, 5.74) is 4.65. The van der Waals surface area contributed by atoms with Gasteiger partial charge in [0.15, 0.2) is 0 Å². The molecule has 0 aromatic heterocycles. The van der Waals surface area contributed by atoms with Gasteiger partial charge >= 0.3 is 6.03 Å². The number of halogens is 1. The Morgan fingerprint density at radius 3 is 2.39 bits per heavy atom. The van der Waals surface area contributed by atoms with Crippen LogP contribution in [0.2, 0.25) is 5.02 Å². The van der Waals surface area contributed by atoms with E-state index < -0.39 is 17.8 Å². The molecule has 1 N–H and O–H groups in total. The molecule has 5 rings (SSSR count). The van der Waals surface area contributed by atoms with Crippen LogP contribution < -0.4 is 10.2 Å². The van der Waals surface area contributed by atoms with Crippen molar-refractivity contribution in [2.75, 3.05) is 4.90 Å². The van der Waals surface area contributed by atoms with E-state index in [2.05, 4.69) is 5.32 Å². The molecular weight excluding hydrogens is 472 g/mol. The Bertz CT molecular complexity index is 1590. The Morgan fingerprint density at radius 2 is 1.58 bits per heavy atom. The van der Waals surface area contributed by atoms with Gasteiger partial charge in [-0.25, -0.2) is 9.69 Å². The molecule has 1 aliphatic heterocycles. The van der Waals surface area contributed by atoms with Gasteiger partial charge in [0.1, 0.15) is 5.57 Å². The Morgan fingerprint density at radius 1 is 0.833 bits per heavy atom. The molecule has 0 unspecified atom stereocenters. The lowest BCUT2D eigenvalue weighted by atomic mass is 9.92. The molecule has 0 radical (unpaired) electrons. The van der Waals surface area contributed by atoms with Gasteiger partial charge in [-0.15, -0.1) is 0 Å². The Kier molecular flexibility index (Phi) is 6.17. The third-order valence-corrected chi connectivity index (χ3v) is 6.98. The molecule has 0 atom stereocenters. The smallest absolute Gasteiger partial charge is 0.273 e. The van der Waals surface area contributed by atoms with Crippen molar-refractivity contribution >= 4 is 52.0 Å². The molecule has 0 saturated carbocycles. The number of benzene rings is 4. The molecule has 0 bridgehead atoms. The van der Waals surface area contributed by atoms with Crippen LogP contribution in [0.3, 0.4) is 0 Å². The zero-order valence-electron chi connectivity index (χ0n) is 19.8. The number of fused-ring (bicyclic) bond motifs is 1. The molecule has 5 nitrogen and oxygen atoms in total. The van der Waals surface area contributed by atoms with E-state index in [4.69, 9.17) is 11.6 Å². The number of aryl methyl sites for hydroxylation is 1. The molecule has 178 valence electrons. The summed E-state index contributed by atoms with van der Waals surface area (Å²) < 4.78 is 0. The average molecular weight is 495 g/mol. The monoisotopic (exact) mass is 494 g/mol. The minimum absolute atomic E-state index is 0.104. The highest BCUT2D eigenvalue weighted by Crippen LogP contribution is 2.31. The number of urea groups is 1. The number of carbonyl (C=O) groups excluding carboxylic acids is 3. The van der Waals surface area contributed by atoms with Crippen LogP contribution in [-0.2, 0) is 16.0 Å². The fourth-order valence-electron chi connectivity index (χ4n) is 4.51. The van der Waals surface area contributed by atoms with Crippen LogP contribution in [0.4, 0.5) is 10.5 Å². The molecule has 36 heavy (non-hydrogen) atoms. The first-order chi connectivity index (χ1) is 17.3. The van der Waals surface area contributed by atoms with Crippen molar-refractivity contribution in [3.05, 3.63) is 117 Å². The second-order valence-electron chi connectivity index (χ2n) is 8.80. The molecular formula is C30H23ClN2O3. The van der Waals surface area contributed by atoms with Crippen LogP contribution in [0, 0.1) is 13.8 Å². The van der Waals surface area contributed by atoms with E-state index in [-0.39, 0.29) is 5.57 Å². The van der Waals surface area contributed by atoms with Crippen LogP contribution in [0.15, 0.2) is 84.4 Å². The fourth-order valence-corrected chi connectivity index (χ4v) is 4.71. The topological polar surface area (TPSA) is 66.5 Å². The molecule has 4 amide bonds. The molecule has 1 fully saturated rings. The van der Waals surface area contributed by atoms with Crippen LogP contribution in [0.5, 0.6) is 0 Å². The number of amides is 4. The van der Waals surface area contributed by atoms with Crippen molar-refractivity contribution in [3.8, 4) is 0 Å². The van der Waals surface area contributed by atoms with Crippen molar-refractivity contribution in [1.29, 1.82) is 0 Å². The Hall–Kier alpha value is -4.22. The predicted molar refractivity (Wildman–Crippen MR) is 143 cm³/mol. The zero-order valence-corrected chi connectivity index (χ0v) is 20.6. The lowest BCUT2D eigenvalue weighted by Crippen LogP contribution is -2.54. The minimum atomic E-state index is -0.759. The number of hydrogen-bond donors (Lipinski definition) is 1. The van der Waals surface area contributed by atoms with Gasteiger partial charge in [0.05, 0.1) is 5.69 Å². The lowest BCUT2D eigenvalue weighted by molar-refractivity contribution is -0.122. The van der Waals surface area contributed by atoms with E-state index in [1.54, 1.807) is 18.2 Å². The summed E-state index contributed by atoms with van der Waals surface area (Å²) in [6.07, 6.45) is 2.11. The molecule has 1 heterocycles. The molecule has 6 heteroatoms. The van der Waals surface area contributed by atoms with Gasteiger partial charge in [-0.2, -0.15) is 0 Å². The lowest BCUT2D eigenvalue weighted by Gasteiger charge is -2.28. The average Bonchev–Trinajstić information content (AvgIpc) is 2.86. The van der Waals surface area contributed by atoms with Crippen LogP contribution >= 0.6 is 11.6 Å². The quantitative estimate of drug-likeness (QED) is 0.265. The van der Waals surface area contributed by atoms with E-state index in [0.29, 0.717) is 17.1 Å². The highest BCUT2D eigenvalue weighted by molar-refractivity contribution is 6.39. The number of rotatable bonds is 4. The van der Waals surface area contributed by atoms with E-state index in [1.165, 1.54) is 0 Å². The van der Waals surface area contributed by atoms with Crippen molar-refractivity contribution in [2.24, 2.45) is 0 Å². The van der Waals surface area contributed by atoms with Gasteiger partial charge in [0.25, 0.3) is 11.8 Å². The SMILES string of the molecule is Cc1cccc(N2C(=O)NC(=O)/C(=C\c3c(Cc4ccccc4Cl)ccc4ccccc34)C2=O)c1C. The largest absolute Gasteiger partial charge is 0.335 e. The summed E-state index contributed by atoms with van der Waals surface area (Å²) >= 11 is 6.44.